The third-order valence-corrected chi connectivity index (χ3v) is 3.83. The number of halogens is 1. The van der Waals surface area contributed by atoms with Gasteiger partial charge in [-0.2, -0.15) is 0 Å². The van der Waals surface area contributed by atoms with Crippen molar-refractivity contribution in [3.63, 3.8) is 0 Å². The van der Waals surface area contributed by atoms with E-state index in [1.165, 1.54) is 4.90 Å². The Morgan fingerprint density at radius 3 is 2.75 bits per heavy atom. The number of carboxylic acid groups (broad SMARTS) is 1. The van der Waals surface area contributed by atoms with E-state index in [0.29, 0.717) is 19.5 Å². The summed E-state index contributed by atoms with van der Waals surface area (Å²) in [4.78, 5) is 37.5. The Kier molecular flexibility index (Phi) is 4.69. The van der Waals surface area contributed by atoms with E-state index in [4.69, 9.17) is 21.4 Å². The predicted octanol–water partition coefficient (Wildman–Crippen LogP) is 0.369. The van der Waals surface area contributed by atoms with Gasteiger partial charge >= 0.3 is 12.1 Å². The second-order valence-corrected chi connectivity index (χ2v) is 5.36. The highest BCUT2D eigenvalue weighted by Gasteiger charge is 2.41. The zero-order valence-corrected chi connectivity index (χ0v) is 11.7. The van der Waals surface area contributed by atoms with Gasteiger partial charge in [-0.3, -0.25) is 9.59 Å². The van der Waals surface area contributed by atoms with E-state index in [1.54, 1.807) is 4.90 Å². The number of carbonyl (C=O) groups is 3. The number of ether oxygens (including phenoxy) is 1. The van der Waals surface area contributed by atoms with Crippen LogP contribution in [0.25, 0.3) is 0 Å². The molecule has 1 N–H and O–H groups in total. The molecule has 2 aliphatic rings. The molecule has 2 heterocycles. The molecule has 0 aliphatic carbocycles. The predicted molar refractivity (Wildman–Crippen MR) is 69.5 cm³/mol. The van der Waals surface area contributed by atoms with Gasteiger partial charge in [-0.25, -0.2) is 4.79 Å². The van der Waals surface area contributed by atoms with E-state index in [0.717, 1.165) is 0 Å². The molecule has 0 spiro atoms. The Balaban J connectivity index is 1.88. The highest BCUT2D eigenvalue weighted by molar-refractivity contribution is 6.18. The summed E-state index contributed by atoms with van der Waals surface area (Å²) >= 11 is 5.45. The van der Waals surface area contributed by atoms with E-state index in [2.05, 4.69) is 0 Å². The highest BCUT2D eigenvalue weighted by Crippen LogP contribution is 2.25. The largest absolute Gasteiger partial charge is 0.481 e. The van der Waals surface area contributed by atoms with Crippen molar-refractivity contribution in [2.75, 3.05) is 32.1 Å². The van der Waals surface area contributed by atoms with Crippen molar-refractivity contribution in [2.24, 2.45) is 5.92 Å². The first kappa shape index (κ1) is 14.9. The number of carboxylic acids is 1. The van der Waals surface area contributed by atoms with Crippen molar-refractivity contribution in [1.29, 1.82) is 0 Å². The van der Waals surface area contributed by atoms with Crippen LogP contribution in [0, 0.1) is 5.92 Å². The molecule has 2 fully saturated rings. The summed E-state index contributed by atoms with van der Waals surface area (Å²) < 4.78 is 4.93. The summed E-state index contributed by atoms with van der Waals surface area (Å²) in [6.45, 7) is 1.28. The molecule has 2 aliphatic heterocycles. The van der Waals surface area contributed by atoms with Gasteiger partial charge < -0.3 is 19.6 Å². The van der Waals surface area contributed by atoms with Crippen LogP contribution in [0.2, 0.25) is 0 Å². The molecule has 7 nitrogen and oxygen atoms in total. The molecule has 2 atom stereocenters. The van der Waals surface area contributed by atoms with Crippen LogP contribution in [0.15, 0.2) is 0 Å². The lowest BCUT2D eigenvalue weighted by atomic mass is 10.1. The maximum absolute atomic E-state index is 11.8. The summed E-state index contributed by atoms with van der Waals surface area (Å²) in [5.74, 6) is -1.50. The van der Waals surface area contributed by atoms with Gasteiger partial charge in [0.1, 0.15) is 6.61 Å². The quantitative estimate of drug-likeness (QED) is 0.758. The minimum absolute atomic E-state index is 0.0442. The van der Waals surface area contributed by atoms with E-state index in [-0.39, 0.29) is 37.4 Å². The number of alkyl halides is 1. The van der Waals surface area contributed by atoms with Crippen molar-refractivity contribution in [1.82, 2.24) is 9.80 Å². The summed E-state index contributed by atoms with van der Waals surface area (Å²) in [6.07, 6.45) is 0.255. The number of likely N-dealkylation sites (tertiary alicyclic amines) is 2. The van der Waals surface area contributed by atoms with E-state index in [9.17, 15) is 14.4 Å². The van der Waals surface area contributed by atoms with Gasteiger partial charge in [-0.15, -0.1) is 11.6 Å². The van der Waals surface area contributed by atoms with E-state index < -0.39 is 18.0 Å². The number of hydrogen-bond donors (Lipinski definition) is 1. The smallest absolute Gasteiger partial charge is 0.409 e. The second kappa shape index (κ2) is 6.30. The first-order chi connectivity index (χ1) is 9.52. The number of hydrogen-bond acceptors (Lipinski definition) is 4. The van der Waals surface area contributed by atoms with Gasteiger partial charge in [-0.1, -0.05) is 0 Å². The van der Waals surface area contributed by atoms with Crippen LogP contribution in [0.5, 0.6) is 0 Å². The summed E-state index contributed by atoms with van der Waals surface area (Å²) in [6, 6.07) is -0.115. The molecule has 0 aromatic heterocycles. The highest BCUT2D eigenvalue weighted by atomic mass is 35.5. The van der Waals surface area contributed by atoms with Gasteiger partial charge in [0.2, 0.25) is 5.91 Å². The normalized spacial score (nSPS) is 26.1. The zero-order valence-electron chi connectivity index (χ0n) is 11.0. The third kappa shape index (κ3) is 3.15. The molecule has 0 aromatic carbocycles. The number of nitrogens with zero attached hydrogens (tertiary/aromatic N) is 2. The van der Waals surface area contributed by atoms with Gasteiger partial charge in [0.05, 0.1) is 17.8 Å². The van der Waals surface area contributed by atoms with Crippen molar-refractivity contribution in [2.45, 2.75) is 18.9 Å². The molecule has 112 valence electrons. The topological polar surface area (TPSA) is 87.2 Å². The molecule has 20 heavy (non-hydrogen) atoms. The standard InChI is InChI=1S/C12H17ClN2O5/c13-2-4-20-12(19)14-3-1-9(7-14)15-6-8(11(17)18)5-10(15)16/h8-9H,1-7H2,(H,17,18). The first-order valence-electron chi connectivity index (χ1n) is 6.53. The molecule has 0 saturated carbocycles. The molecule has 0 aromatic rings. The summed E-state index contributed by atoms with van der Waals surface area (Å²) in [5, 5.41) is 8.95. The maximum atomic E-state index is 11.8. The average Bonchev–Trinajstić information content (AvgIpc) is 3.02. The molecule has 8 heteroatoms. The Labute approximate surface area is 121 Å². The molecule has 0 radical (unpaired) electrons. The number of carbonyl (C=O) groups excluding carboxylic acids is 2. The van der Waals surface area contributed by atoms with Crippen LogP contribution in [-0.2, 0) is 14.3 Å². The maximum Gasteiger partial charge on any atom is 0.409 e. The lowest BCUT2D eigenvalue weighted by Crippen LogP contribution is -2.40. The fourth-order valence-electron chi connectivity index (χ4n) is 2.63. The van der Waals surface area contributed by atoms with Crippen LogP contribution in [0.3, 0.4) is 0 Å². The zero-order chi connectivity index (χ0) is 14.7. The molecule has 0 bridgehead atoms. The van der Waals surface area contributed by atoms with Crippen molar-refractivity contribution in [3.8, 4) is 0 Å². The molecule has 2 amide bonds. The SMILES string of the molecule is O=C(O)C1CC(=O)N(C2CCN(C(=O)OCCCl)C2)C1. The van der Waals surface area contributed by atoms with Crippen molar-refractivity contribution in [3.05, 3.63) is 0 Å². The molecule has 2 rings (SSSR count). The summed E-state index contributed by atoms with van der Waals surface area (Å²) in [7, 11) is 0. The average molecular weight is 305 g/mol. The number of rotatable bonds is 4. The van der Waals surface area contributed by atoms with Crippen LogP contribution in [0.1, 0.15) is 12.8 Å². The number of amides is 2. The molecule has 2 saturated heterocycles. The second-order valence-electron chi connectivity index (χ2n) is 4.98. The molecular formula is C12H17ClN2O5. The molecule has 2 unspecified atom stereocenters. The monoisotopic (exact) mass is 304 g/mol. The van der Waals surface area contributed by atoms with Gasteiger partial charge in [-0.05, 0) is 6.42 Å². The number of aliphatic carboxylic acids is 1. The first-order valence-corrected chi connectivity index (χ1v) is 7.06. The Bertz CT molecular complexity index is 417. The Morgan fingerprint density at radius 2 is 2.15 bits per heavy atom. The van der Waals surface area contributed by atoms with E-state index >= 15 is 0 Å². The van der Waals surface area contributed by atoms with Crippen molar-refractivity contribution < 1.29 is 24.2 Å². The van der Waals surface area contributed by atoms with Crippen LogP contribution < -0.4 is 0 Å². The molecular weight excluding hydrogens is 288 g/mol. The van der Waals surface area contributed by atoms with Crippen molar-refractivity contribution >= 4 is 29.6 Å². The minimum Gasteiger partial charge on any atom is -0.481 e. The van der Waals surface area contributed by atoms with Gasteiger partial charge in [0.15, 0.2) is 0 Å². The lowest BCUT2D eigenvalue weighted by Gasteiger charge is -2.24. The van der Waals surface area contributed by atoms with Gasteiger partial charge in [0.25, 0.3) is 0 Å². The summed E-state index contributed by atoms with van der Waals surface area (Å²) in [5.41, 5.74) is 0. The third-order valence-electron chi connectivity index (χ3n) is 3.67. The minimum atomic E-state index is -0.947. The Hall–Kier alpha value is -1.50. The Morgan fingerprint density at radius 1 is 1.40 bits per heavy atom. The fourth-order valence-corrected chi connectivity index (χ4v) is 2.71. The van der Waals surface area contributed by atoms with Gasteiger partial charge in [0, 0.05) is 26.1 Å². The van der Waals surface area contributed by atoms with Crippen LogP contribution in [-0.4, -0.2) is 71.0 Å². The van der Waals surface area contributed by atoms with E-state index in [1.807, 2.05) is 0 Å². The lowest BCUT2D eigenvalue weighted by molar-refractivity contribution is -0.141. The van der Waals surface area contributed by atoms with Crippen LogP contribution >= 0.6 is 11.6 Å². The van der Waals surface area contributed by atoms with Crippen LogP contribution in [0.4, 0.5) is 4.79 Å². The fraction of sp³-hybridized carbons (Fsp3) is 0.750.